The van der Waals surface area contributed by atoms with E-state index in [0.717, 1.165) is 53.1 Å². The van der Waals surface area contributed by atoms with Crippen molar-refractivity contribution in [1.29, 1.82) is 0 Å². The molecule has 2 N–H and O–H groups in total. The summed E-state index contributed by atoms with van der Waals surface area (Å²) in [4.78, 5) is 15.5. The summed E-state index contributed by atoms with van der Waals surface area (Å²) in [6.07, 6.45) is 1.43. The van der Waals surface area contributed by atoms with Gasteiger partial charge in [0.2, 0.25) is 0 Å². The van der Waals surface area contributed by atoms with Crippen molar-refractivity contribution in [3.05, 3.63) is 53.3 Å². The van der Waals surface area contributed by atoms with Gasteiger partial charge in [0.1, 0.15) is 17.8 Å². The third kappa shape index (κ3) is 3.37. The lowest BCUT2D eigenvalue weighted by molar-refractivity contribution is 0.177. The van der Waals surface area contributed by atoms with Crippen LogP contribution in [0.25, 0.3) is 33.5 Å². The quantitative estimate of drug-likeness (QED) is 0.465. The number of hydrogen-bond donors (Lipinski definition) is 1. The van der Waals surface area contributed by atoms with Gasteiger partial charge < -0.3 is 15.4 Å². The number of nitrogen functional groups attached to an aromatic ring is 1. The number of nitrogens with two attached hydrogens (primary N) is 1. The van der Waals surface area contributed by atoms with Crippen molar-refractivity contribution in [2.75, 3.05) is 36.9 Å². The minimum atomic E-state index is 0.397. The summed E-state index contributed by atoms with van der Waals surface area (Å²) in [6.45, 7) is 3.63. The maximum atomic E-state index is 6.20. The molecule has 0 amide bonds. The number of nitrogens with zero attached hydrogens (tertiary/aromatic N) is 6. The highest BCUT2D eigenvalue weighted by atomic mass is 79.9. The molecule has 0 radical (unpaired) electrons. The Morgan fingerprint density at radius 2 is 1.81 bits per heavy atom. The summed E-state index contributed by atoms with van der Waals surface area (Å²) < 4.78 is 6.55. The molecule has 9 heteroatoms. The maximum absolute atomic E-state index is 6.20. The Hall–Kier alpha value is -3.17. The number of halogens is 1. The van der Waals surface area contributed by atoms with E-state index in [1.807, 2.05) is 42.5 Å². The second kappa shape index (κ2) is 7.75. The van der Waals surface area contributed by atoms with Gasteiger partial charge in [0, 0.05) is 29.4 Å². The molecule has 8 nitrogen and oxygen atoms in total. The second-order valence-electron chi connectivity index (χ2n) is 8.26. The van der Waals surface area contributed by atoms with Crippen LogP contribution < -0.4 is 10.6 Å². The Morgan fingerprint density at radius 1 is 0.969 bits per heavy atom. The van der Waals surface area contributed by atoms with Gasteiger partial charge in [-0.3, -0.25) is 0 Å². The summed E-state index contributed by atoms with van der Waals surface area (Å²) in [5.41, 5.74) is 10.0. The van der Waals surface area contributed by atoms with Crippen LogP contribution in [0.3, 0.4) is 0 Å². The molecule has 0 spiro atoms. The molecule has 2 fully saturated rings. The highest BCUT2D eigenvalue weighted by molar-refractivity contribution is 9.10. The largest absolute Gasteiger partial charge is 0.383 e. The summed E-state index contributed by atoms with van der Waals surface area (Å²) >= 11 is 3.55. The number of ether oxygens (including phenoxy) is 1. The fraction of sp³-hybridized carbons (Fsp3) is 0.261. The molecule has 1 aromatic carbocycles. The summed E-state index contributed by atoms with van der Waals surface area (Å²) in [7, 11) is 0. The summed E-state index contributed by atoms with van der Waals surface area (Å²) in [5.74, 6) is 2.48. The zero-order valence-corrected chi connectivity index (χ0v) is 18.7. The van der Waals surface area contributed by atoms with Crippen LogP contribution in [-0.2, 0) is 4.74 Å². The third-order valence-corrected chi connectivity index (χ3v) is 6.74. The standard InChI is InChI=1S/C23H20BrN7O/c24-16-3-1-2-13(6-16)17-7-19(28-23-21(17)22(25)26-12-27-23)18-4-5-20(30-29-18)31-8-14-10-32-11-15(14)9-31/h1-7,12,14-15H,8-11H2,(H2,25,26,27,28). The number of anilines is 2. The van der Waals surface area contributed by atoms with Gasteiger partial charge >= 0.3 is 0 Å². The molecule has 5 heterocycles. The minimum absolute atomic E-state index is 0.397. The van der Waals surface area contributed by atoms with Crippen molar-refractivity contribution >= 4 is 38.6 Å². The smallest absolute Gasteiger partial charge is 0.165 e. The Morgan fingerprint density at radius 3 is 2.56 bits per heavy atom. The molecular weight excluding hydrogens is 470 g/mol. The number of benzene rings is 1. The predicted octanol–water partition coefficient (Wildman–Crippen LogP) is 3.58. The first-order chi connectivity index (χ1) is 15.7. The molecule has 6 rings (SSSR count). The van der Waals surface area contributed by atoms with Gasteiger partial charge in [-0.05, 0) is 41.5 Å². The summed E-state index contributed by atoms with van der Waals surface area (Å²) in [5, 5.41) is 9.73. The SMILES string of the molecule is Nc1ncnc2nc(-c3ccc(N4CC5COCC5C4)nn3)cc(-c3cccc(Br)c3)c12. The Kier molecular flexibility index (Phi) is 4.73. The lowest BCUT2D eigenvalue weighted by Gasteiger charge is -2.17. The van der Waals surface area contributed by atoms with Crippen LogP contribution in [0.2, 0.25) is 0 Å². The van der Waals surface area contributed by atoms with Crippen molar-refractivity contribution in [2.45, 2.75) is 0 Å². The van der Waals surface area contributed by atoms with Gasteiger partial charge in [-0.15, -0.1) is 10.2 Å². The molecular formula is C23H20BrN7O. The van der Waals surface area contributed by atoms with Crippen molar-refractivity contribution in [1.82, 2.24) is 25.1 Å². The van der Waals surface area contributed by atoms with Gasteiger partial charge in [-0.25, -0.2) is 15.0 Å². The normalized spacial score (nSPS) is 20.1. The molecule has 32 heavy (non-hydrogen) atoms. The van der Waals surface area contributed by atoms with E-state index in [1.54, 1.807) is 0 Å². The van der Waals surface area contributed by atoms with E-state index >= 15 is 0 Å². The van der Waals surface area contributed by atoms with Crippen LogP contribution >= 0.6 is 15.9 Å². The number of aromatic nitrogens is 5. The van der Waals surface area contributed by atoms with Gasteiger partial charge in [0.05, 0.1) is 24.3 Å². The molecule has 3 aromatic heterocycles. The molecule has 160 valence electrons. The van der Waals surface area contributed by atoms with E-state index in [2.05, 4.69) is 41.0 Å². The van der Waals surface area contributed by atoms with Gasteiger partial charge in [0.15, 0.2) is 11.5 Å². The lowest BCUT2D eigenvalue weighted by Crippen LogP contribution is -2.23. The van der Waals surface area contributed by atoms with E-state index in [9.17, 15) is 0 Å². The first kappa shape index (κ1) is 19.5. The molecule has 0 aliphatic carbocycles. The lowest BCUT2D eigenvalue weighted by atomic mass is 10.0. The molecule has 2 unspecified atom stereocenters. The molecule has 2 saturated heterocycles. The second-order valence-corrected chi connectivity index (χ2v) is 9.18. The van der Waals surface area contributed by atoms with Crippen LogP contribution in [0.4, 0.5) is 11.6 Å². The van der Waals surface area contributed by atoms with E-state index in [4.69, 9.17) is 15.5 Å². The third-order valence-electron chi connectivity index (χ3n) is 6.25. The molecule has 0 bridgehead atoms. The van der Waals surface area contributed by atoms with E-state index in [0.29, 0.717) is 34.7 Å². The van der Waals surface area contributed by atoms with Gasteiger partial charge in [0.25, 0.3) is 0 Å². The average Bonchev–Trinajstić information content (AvgIpc) is 3.41. The van der Waals surface area contributed by atoms with Crippen LogP contribution in [0, 0.1) is 11.8 Å². The highest BCUT2D eigenvalue weighted by Gasteiger charge is 2.37. The maximum Gasteiger partial charge on any atom is 0.165 e. The molecule has 2 aliphatic heterocycles. The molecule has 2 aliphatic rings. The number of pyridine rings is 1. The monoisotopic (exact) mass is 489 g/mol. The van der Waals surface area contributed by atoms with E-state index in [1.165, 1.54) is 6.33 Å². The molecule has 0 saturated carbocycles. The van der Waals surface area contributed by atoms with Crippen molar-refractivity contribution in [3.63, 3.8) is 0 Å². The highest BCUT2D eigenvalue weighted by Crippen LogP contribution is 2.35. The van der Waals surface area contributed by atoms with Gasteiger partial charge in [-0.1, -0.05) is 28.1 Å². The topological polar surface area (TPSA) is 103 Å². The number of fused-ring (bicyclic) bond motifs is 2. The average molecular weight is 490 g/mol. The number of rotatable bonds is 3. The zero-order valence-electron chi connectivity index (χ0n) is 17.1. The van der Waals surface area contributed by atoms with E-state index < -0.39 is 0 Å². The molecule has 2 atom stereocenters. The van der Waals surface area contributed by atoms with E-state index in [-0.39, 0.29) is 0 Å². The molecule has 4 aromatic rings. The Bertz CT molecular complexity index is 1300. The first-order valence-corrected chi connectivity index (χ1v) is 11.3. The van der Waals surface area contributed by atoms with Crippen LogP contribution in [0.5, 0.6) is 0 Å². The Labute approximate surface area is 193 Å². The predicted molar refractivity (Wildman–Crippen MR) is 126 cm³/mol. The Balaban J connectivity index is 1.40. The van der Waals surface area contributed by atoms with Crippen molar-refractivity contribution < 1.29 is 4.74 Å². The summed E-state index contributed by atoms with van der Waals surface area (Å²) in [6, 6.07) is 14.0. The number of hydrogen-bond acceptors (Lipinski definition) is 8. The minimum Gasteiger partial charge on any atom is -0.383 e. The van der Waals surface area contributed by atoms with Crippen LogP contribution in [0.1, 0.15) is 0 Å². The van der Waals surface area contributed by atoms with Gasteiger partial charge in [-0.2, -0.15) is 0 Å². The van der Waals surface area contributed by atoms with Crippen molar-refractivity contribution in [2.24, 2.45) is 11.8 Å². The fourth-order valence-electron chi connectivity index (χ4n) is 4.61. The zero-order chi connectivity index (χ0) is 21.7. The van der Waals surface area contributed by atoms with Crippen molar-refractivity contribution in [3.8, 4) is 22.5 Å². The van der Waals surface area contributed by atoms with Crippen LogP contribution in [0.15, 0.2) is 53.3 Å². The fourth-order valence-corrected chi connectivity index (χ4v) is 5.01. The first-order valence-electron chi connectivity index (χ1n) is 10.5. The van der Waals surface area contributed by atoms with Crippen LogP contribution in [-0.4, -0.2) is 51.5 Å².